The van der Waals surface area contributed by atoms with Crippen molar-refractivity contribution >= 4 is 11.7 Å². The molecule has 25 heavy (non-hydrogen) atoms. The van der Waals surface area contributed by atoms with Crippen molar-refractivity contribution in [2.75, 3.05) is 31.1 Å². The lowest BCUT2D eigenvalue weighted by molar-refractivity contribution is 0.0893. The Morgan fingerprint density at radius 2 is 2.16 bits per heavy atom. The van der Waals surface area contributed by atoms with Gasteiger partial charge in [-0.15, -0.1) is 0 Å². The van der Waals surface area contributed by atoms with Crippen LogP contribution in [0.3, 0.4) is 0 Å². The lowest BCUT2D eigenvalue weighted by Crippen LogP contribution is -2.47. The lowest BCUT2D eigenvalue weighted by Gasteiger charge is -2.38. The Hall–Kier alpha value is -2.35. The third-order valence-electron chi connectivity index (χ3n) is 5.42. The first-order chi connectivity index (χ1) is 12.3. The minimum atomic E-state index is -0.0291. The second kappa shape index (κ2) is 5.87. The number of carbonyl (C=O) groups excluding carboxylic acids is 1. The van der Waals surface area contributed by atoms with E-state index in [1.807, 2.05) is 10.9 Å². The number of urea groups is 1. The highest BCUT2D eigenvalue weighted by molar-refractivity contribution is 5.93. The van der Waals surface area contributed by atoms with Crippen LogP contribution in [-0.4, -0.2) is 56.7 Å². The fourth-order valence-corrected chi connectivity index (χ4v) is 4.01. The van der Waals surface area contributed by atoms with Crippen molar-refractivity contribution in [1.82, 2.24) is 29.8 Å². The van der Waals surface area contributed by atoms with Gasteiger partial charge in [-0.3, -0.25) is 19.2 Å². The fraction of sp³-hybridized carbons (Fsp3) is 0.588. The summed E-state index contributed by atoms with van der Waals surface area (Å²) < 4.78 is 4.17. The minimum Gasteiger partial charge on any atom is -0.336 e. The summed E-state index contributed by atoms with van der Waals surface area (Å²) in [6.07, 6.45) is 7.47. The number of nitrogens with one attached hydrogen (secondary N) is 1. The molecule has 2 aromatic rings. The number of amides is 2. The zero-order valence-corrected chi connectivity index (χ0v) is 14.3. The summed E-state index contributed by atoms with van der Waals surface area (Å²) in [5.41, 5.74) is 3.46. The Balaban J connectivity index is 1.19. The van der Waals surface area contributed by atoms with E-state index < -0.39 is 0 Å². The van der Waals surface area contributed by atoms with Crippen LogP contribution in [0.2, 0.25) is 0 Å². The van der Waals surface area contributed by atoms with Gasteiger partial charge in [0.1, 0.15) is 0 Å². The molecule has 132 valence electrons. The molecule has 2 aromatic heterocycles. The summed E-state index contributed by atoms with van der Waals surface area (Å²) in [5.74, 6) is 0. The van der Waals surface area contributed by atoms with Crippen LogP contribution in [0.1, 0.15) is 30.3 Å². The van der Waals surface area contributed by atoms with Crippen LogP contribution >= 0.6 is 0 Å². The predicted octanol–water partition coefficient (Wildman–Crippen LogP) is 1.00. The van der Waals surface area contributed by atoms with Gasteiger partial charge in [0, 0.05) is 51.2 Å². The number of fused-ring (bicyclic) bond motifs is 1. The molecule has 0 aliphatic carbocycles. The van der Waals surface area contributed by atoms with Crippen LogP contribution in [0, 0.1) is 0 Å². The maximum atomic E-state index is 11.7. The highest BCUT2D eigenvalue weighted by Crippen LogP contribution is 2.26. The van der Waals surface area contributed by atoms with Crippen molar-refractivity contribution in [3.05, 3.63) is 29.8 Å². The molecule has 0 bridgehead atoms. The topological polar surface area (TPSA) is 71.2 Å². The highest BCUT2D eigenvalue weighted by Gasteiger charge is 2.31. The van der Waals surface area contributed by atoms with E-state index in [9.17, 15) is 4.79 Å². The van der Waals surface area contributed by atoms with Crippen LogP contribution < -0.4 is 10.2 Å². The molecule has 2 fully saturated rings. The SMILES string of the molecule is O=C1NCCN1c1cnn(C2CN(Cc3cc4n(n3)CCCC4)C2)c1. The van der Waals surface area contributed by atoms with Gasteiger partial charge >= 0.3 is 6.03 Å². The molecule has 0 atom stereocenters. The molecular formula is C17H23N7O. The average molecular weight is 341 g/mol. The third kappa shape index (κ3) is 2.70. The molecule has 8 heteroatoms. The number of carbonyl (C=O) groups is 1. The number of rotatable bonds is 4. The maximum Gasteiger partial charge on any atom is 0.322 e. The van der Waals surface area contributed by atoms with Crippen molar-refractivity contribution in [3.8, 4) is 0 Å². The molecule has 8 nitrogen and oxygen atoms in total. The smallest absolute Gasteiger partial charge is 0.322 e. The van der Waals surface area contributed by atoms with Crippen molar-refractivity contribution < 1.29 is 4.79 Å². The number of anilines is 1. The number of aryl methyl sites for hydroxylation is 2. The van der Waals surface area contributed by atoms with Crippen molar-refractivity contribution in [2.45, 2.75) is 38.4 Å². The molecule has 1 N–H and O–H groups in total. The van der Waals surface area contributed by atoms with Gasteiger partial charge in [0.25, 0.3) is 0 Å². The molecule has 3 aliphatic heterocycles. The van der Waals surface area contributed by atoms with Crippen LogP contribution in [0.15, 0.2) is 18.5 Å². The van der Waals surface area contributed by atoms with Crippen molar-refractivity contribution in [2.24, 2.45) is 0 Å². The van der Waals surface area contributed by atoms with Gasteiger partial charge in [-0.1, -0.05) is 0 Å². The predicted molar refractivity (Wildman–Crippen MR) is 92.5 cm³/mol. The van der Waals surface area contributed by atoms with Crippen molar-refractivity contribution in [3.63, 3.8) is 0 Å². The Labute approximate surface area is 146 Å². The van der Waals surface area contributed by atoms with Gasteiger partial charge in [0.15, 0.2) is 0 Å². The Bertz CT molecular complexity index is 765. The average Bonchev–Trinajstić information content (AvgIpc) is 3.28. The highest BCUT2D eigenvalue weighted by atomic mass is 16.2. The van der Waals surface area contributed by atoms with E-state index in [0.29, 0.717) is 19.1 Å². The van der Waals surface area contributed by atoms with Gasteiger partial charge < -0.3 is 5.32 Å². The van der Waals surface area contributed by atoms with Crippen LogP contribution in [0.25, 0.3) is 0 Å². The summed E-state index contributed by atoms with van der Waals surface area (Å²) in [6, 6.07) is 2.62. The van der Waals surface area contributed by atoms with E-state index in [1.165, 1.54) is 24.2 Å². The number of likely N-dealkylation sites (tertiary alicyclic amines) is 1. The zero-order valence-electron chi connectivity index (χ0n) is 14.3. The number of hydrogen-bond donors (Lipinski definition) is 1. The number of nitrogens with zero attached hydrogens (tertiary/aromatic N) is 6. The summed E-state index contributed by atoms with van der Waals surface area (Å²) in [7, 11) is 0. The summed E-state index contributed by atoms with van der Waals surface area (Å²) in [4.78, 5) is 15.9. The molecule has 0 aromatic carbocycles. The first kappa shape index (κ1) is 14.9. The molecule has 0 saturated carbocycles. The second-order valence-electron chi connectivity index (χ2n) is 7.22. The molecule has 5 heterocycles. The monoisotopic (exact) mass is 341 g/mol. The zero-order chi connectivity index (χ0) is 16.8. The molecular weight excluding hydrogens is 318 g/mol. The molecule has 0 radical (unpaired) electrons. The quantitative estimate of drug-likeness (QED) is 0.901. The molecule has 3 aliphatic rings. The minimum absolute atomic E-state index is 0.0291. The molecule has 0 unspecified atom stereocenters. The summed E-state index contributed by atoms with van der Waals surface area (Å²) in [5, 5.41) is 12.0. The molecule has 0 spiro atoms. The van der Waals surface area contributed by atoms with Gasteiger partial charge in [0.05, 0.1) is 23.6 Å². The van der Waals surface area contributed by atoms with E-state index in [0.717, 1.165) is 38.3 Å². The van der Waals surface area contributed by atoms with Gasteiger partial charge in [-0.05, 0) is 25.3 Å². The van der Waals surface area contributed by atoms with Gasteiger partial charge in [-0.25, -0.2) is 4.79 Å². The third-order valence-corrected chi connectivity index (χ3v) is 5.42. The van der Waals surface area contributed by atoms with E-state index >= 15 is 0 Å². The van der Waals surface area contributed by atoms with E-state index in [-0.39, 0.29) is 6.03 Å². The fourth-order valence-electron chi connectivity index (χ4n) is 4.01. The van der Waals surface area contributed by atoms with E-state index in [4.69, 9.17) is 5.10 Å². The first-order valence-corrected chi connectivity index (χ1v) is 9.14. The van der Waals surface area contributed by atoms with Crippen LogP contribution in [-0.2, 0) is 19.5 Å². The Morgan fingerprint density at radius 1 is 1.24 bits per heavy atom. The Kier molecular flexibility index (Phi) is 3.51. The van der Waals surface area contributed by atoms with Gasteiger partial charge in [-0.2, -0.15) is 10.2 Å². The van der Waals surface area contributed by atoms with E-state index in [2.05, 4.69) is 26.1 Å². The standard InChI is InChI=1S/C17H23N7O/c25-17-18-4-6-22(17)15-8-19-24(12-15)16-10-21(11-16)9-13-7-14-3-1-2-5-23(14)20-13/h7-8,12,16H,1-6,9-11H2,(H,18,25). The van der Waals surface area contributed by atoms with Crippen LogP contribution in [0.5, 0.6) is 0 Å². The van der Waals surface area contributed by atoms with E-state index in [1.54, 1.807) is 11.1 Å². The second-order valence-corrected chi connectivity index (χ2v) is 7.22. The molecule has 2 saturated heterocycles. The Morgan fingerprint density at radius 3 is 2.96 bits per heavy atom. The largest absolute Gasteiger partial charge is 0.336 e. The maximum absolute atomic E-state index is 11.7. The summed E-state index contributed by atoms with van der Waals surface area (Å²) >= 11 is 0. The molecule has 2 amide bonds. The first-order valence-electron chi connectivity index (χ1n) is 9.14. The molecule has 5 rings (SSSR count). The normalized spacial score (nSPS) is 21.3. The number of aromatic nitrogens is 4. The lowest BCUT2D eigenvalue weighted by atomic mass is 10.1. The van der Waals surface area contributed by atoms with Crippen LogP contribution in [0.4, 0.5) is 10.5 Å². The summed E-state index contributed by atoms with van der Waals surface area (Å²) in [6.45, 7) is 5.37. The van der Waals surface area contributed by atoms with Gasteiger partial charge in [0.2, 0.25) is 0 Å². The van der Waals surface area contributed by atoms with Crippen molar-refractivity contribution in [1.29, 1.82) is 0 Å². The number of hydrogen-bond acceptors (Lipinski definition) is 4.